The van der Waals surface area contributed by atoms with Gasteiger partial charge in [0.05, 0.1) is 6.61 Å². The predicted molar refractivity (Wildman–Crippen MR) is 108 cm³/mol. The van der Waals surface area contributed by atoms with Crippen molar-refractivity contribution in [3.05, 3.63) is 75.9 Å². The van der Waals surface area contributed by atoms with Crippen molar-refractivity contribution in [3.8, 4) is 6.07 Å². The van der Waals surface area contributed by atoms with Gasteiger partial charge >= 0.3 is 5.97 Å². The minimum Gasteiger partial charge on any atom is -0.462 e. The molecule has 0 radical (unpaired) electrons. The van der Waals surface area contributed by atoms with Crippen LogP contribution in [-0.2, 0) is 21.0 Å². The van der Waals surface area contributed by atoms with E-state index >= 15 is 0 Å². The molecule has 134 valence electrons. The minimum absolute atomic E-state index is 0.0310. The summed E-state index contributed by atoms with van der Waals surface area (Å²) in [7, 11) is 0. The number of nitriles is 1. The SMILES string of the molecule is CCOC(=O)/C(C#N)=C/c1cc(C)cc(CSCc2ccccc2)c1C. The van der Waals surface area contributed by atoms with E-state index in [1.165, 1.54) is 11.1 Å². The maximum Gasteiger partial charge on any atom is 0.348 e. The molecular weight excluding hydrogens is 342 g/mol. The molecule has 2 rings (SSSR count). The first-order valence-corrected chi connectivity index (χ1v) is 9.71. The second kappa shape index (κ2) is 9.84. The van der Waals surface area contributed by atoms with Crippen LogP contribution in [0.15, 0.2) is 48.0 Å². The summed E-state index contributed by atoms with van der Waals surface area (Å²) < 4.78 is 4.95. The molecule has 0 aliphatic rings. The molecule has 0 unspecified atom stereocenters. The third-order valence-electron chi connectivity index (χ3n) is 3.98. The van der Waals surface area contributed by atoms with Crippen molar-refractivity contribution in [3.63, 3.8) is 0 Å². The Hall–Kier alpha value is -2.51. The number of rotatable bonds is 7. The second-order valence-electron chi connectivity index (χ2n) is 6.01. The van der Waals surface area contributed by atoms with Gasteiger partial charge in [0.2, 0.25) is 0 Å². The van der Waals surface area contributed by atoms with Crippen LogP contribution in [-0.4, -0.2) is 12.6 Å². The Balaban J connectivity index is 2.19. The minimum atomic E-state index is -0.573. The maximum atomic E-state index is 11.9. The van der Waals surface area contributed by atoms with Crippen LogP contribution >= 0.6 is 11.8 Å². The molecule has 0 N–H and O–H groups in total. The summed E-state index contributed by atoms with van der Waals surface area (Å²) in [6.45, 7) is 6.04. The van der Waals surface area contributed by atoms with Crippen LogP contribution in [0.2, 0.25) is 0 Å². The number of esters is 1. The topological polar surface area (TPSA) is 50.1 Å². The van der Waals surface area contributed by atoms with E-state index in [1.54, 1.807) is 13.0 Å². The fraction of sp³-hybridized carbons (Fsp3) is 0.273. The number of hydrogen-bond acceptors (Lipinski definition) is 4. The van der Waals surface area contributed by atoms with E-state index in [9.17, 15) is 10.1 Å². The third-order valence-corrected chi connectivity index (χ3v) is 5.04. The molecule has 26 heavy (non-hydrogen) atoms. The molecule has 0 bridgehead atoms. The highest BCUT2D eigenvalue weighted by atomic mass is 32.2. The Morgan fingerprint density at radius 1 is 1.19 bits per heavy atom. The van der Waals surface area contributed by atoms with E-state index in [0.717, 1.165) is 28.2 Å². The molecule has 4 heteroatoms. The Morgan fingerprint density at radius 2 is 1.92 bits per heavy atom. The monoisotopic (exact) mass is 365 g/mol. The number of nitrogens with zero attached hydrogens (tertiary/aromatic N) is 1. The van der Waals surface area contributed by atoms with Gasteiger partial charge in [0, 0.05) is 11.5 Å². The summed E-state index contributed by atoms with van der Waals surface area (Å²) in [5.41, 5.74) is 5.65. The molecule has 0 atom stereocenters. The number of benzene rings is 2. The van der Waals surface area contributed by atoms with Crippen LogP contribution in [0.1, 0.15) is 34.7 Å². The van der Waals surface area contributed by atoms with E-state index in [1.807, 2.05) is 43.8 Å². The Morgan fingerprint density at radius 3 is 2.58 bits per heavy atom. The standard InChI is InChI=1S/C22H23NO2S/c1-4-25-22(24)20(13-23)12-19-10-16(2)11-21(17(19)3)15-26-14-18-8-6-5-7-9-18/h5-12H,4,14-15H2,1-3H3/b20-12+. The molecule has 0 saturated carbocycles. The molecule has 0 heterocycles. The van der Waals surface area contributed by atoms with Gasteiger partial charge in [-0.2, -0.15) is 17.0 Å². The van der Waals surface area contributed by atoms with Crippen molar-refractivity contribution >= 4 is 23.8 Å². The Kier molecular flexibility index (Phi) is 7.50. The van der Waals surface area contributed by atoms with Crippen LogP contribution in [0, 0.1) is 25.2 Å². The summed E-state index contributed by atoms with van der Waals surface area (Å²) in [5, 5.41) is 9.26. The molecule has 0 spiro atoms. The first-order valence-electron chi connectivity index (χ1n) is 8.55. The summed E-state index contributed by atoms with van der Waals surface area (Å²) in [4.78, 5) is 11.9. The molecule has 2 aromatic rings. The molecule has 0 aliphatic heterocycles. The summed E-state index contributed by atoms with van der Waals surface area (Å²) in [6.07, 6.45) is 1.63. The van der Waals surface area contributed by atoms with Crippen LogP contribution < -0.4 is 0 Å². The zero-order chi connectivity index (χ0) is 18.9. The van der Waals surface area contributed by atoms with E-state index in [4.69, 9.17) is 4.74 Å². The normalized spacial score (nSPS) is 11.1. The highest BCUT2D eigenvalue weighted by molar-refractivity contribution is 7.97. The number of hydrogen-bond donors (Lipinski definition) is 0. The molecular formula is C22H23NO2S. The van der Waals surface area contributed by atoms with E-state index in [-0.39, 0.29) is 12.2 Å². The average Bonchev–Trinajstić information content (AvgIpc) is 2.64. The van der Waals surface area contributed by atoms with Crippen LogP contribution in [0.3, 0.4) is 0 Å². The van der Waals surface area contributed by atoms with E-state index in [2.05, 4.69) is 30.3 Å². The maximum absolute atomic E-state index is 11.9. The lowest BCUT2D eigenvalue weighted by Crippen LogP contribution is -2.06. The summed E-state index contributed by atoms with van der Waals surface area (Å²) in [6, 6.07) is 16.5. The second-order valence-corrected chi connectivity index (χ2v) is 6.99. The summed E-state index contributed by atoms with van der Waals surface area (Å²) >= 11 is 1.85. The fourth-order valence-corrected chi connectivity index (χ4v) is 3.67. The molecule has 3 nitrogen and oxygen atoms in total. The molecule has 0 amide bonds. The van der Waals surface area contributed by atoms with Gasteiger partial charge in [0.1, 0.15) is 11.6 Å². The highest BCUT2D eigenvalue weighted by Gasteiger charge is 2.12. The van der Waals surface area contributed by atoms with Crippen molar-refractivity contribution < 1.29 is 9.53 Å². The molecule has 0 aliphatic carbocycles. The van der Waals surface area contributed by atoms with Gasteiger partial charge in [0.25, 0.3) is 0 Å². The Labute approximate surface area is 159 Å². The highest BCUT2D eigenvalue weighted by Crippen LogP contribution is 2.25. The quantitative estimate of drug-likeness (QED) is 0.384. The lowest BCUT2D eigenvalue weighted by Gasteiger charge is -2.11. The van der Waals surface area contributed by atoms with E-state index < -0.39 is 5.97 Å². The molecule has 0 saturated heterocycles. The summed E-state index contributed by atoms with van der Waals surface area (Å²) in [5.74, 6) is 1.26. The van der Waals surface area contributed by atoms with Crippen molar-refractivity contribution in [1.82, 2.24) is 0 Å². The number of aryl methyl sites for hydroxylation is 1. The van der Waals surface area contributed by atoms with Crippen molar-refractivity contribution in [1.29, 1.82) is 5.26 Å². The largest absolute Gasteiger partial charge is 0.462 e. The predicted octanol–water partition coefficient (Wildman–Crippen LogP) is 5.21. The zero-order valence-electron chi connectivity index (χ0n) is 15.4. The van der Waals surface area contributed by atoms with Gasteiger partial charge in [-0.3, -0.25) is 0 Å². The van der Waals surface area contributed by atoms with Gasteiger partial charge in [-0.15, -0.1) is 0 Å². The van der Waals surface area contributed by atoms with Gasteiger partial charge in [0.15, 0.2) is 0 Å². The van der Waals surface area contributed by atoms with Gasteiger partial charge in [-0.05, 0) is 49.1 Å². The van der Waals surface area contributed by atoms with Crippen LogP contribution in [0.25, 0.3) is 6.08 Å². The molecule has 0 aromatic heterocycles. The smallest absolute Gasteiger partial charge is 0.348 e. The fourth-order valence-electron chi connectivity index (χ4n) is 2.62. The van der Waals surface area contributed by atoms with Gasteiger partial charge in [-0.25, -0.2) is 4.79 Å². The van der Waals surface area contributed by atoms with Gasteiger partial charge < -0.3 is 4.74 Å². The van der Waals surface area contributed by atoms with Crippen LogP contribution in [0.5, 0.6) is 0 Å². The Bertz CT molecular complexity index is 835. The van der Waals surface area contributed by atoms with Crippen molar-refractivity contribution in [2.75, 3.05) is 6.61 Å². The van der Waals surface area contributed by atoms with Crippen molar-refractivity contribution in [2.24, 2.45) is 0 Å². The first-order chi connectivity index (χ1) is 12.5. The molecule has 2 aromatic carbocycles. The lowest BCUT2D eigenvalue weighted by atomic mass is 9.98. The number of carbonyl (C=O) groups excluding carboxylic acids is 1. The average molecular weight is 365 g/mol. The molecule has 0 fully saturated rings. The first kappa shape index (κ1) is 19.8. The number of thioether (sulfide) groups is 1. The van der Waals surface area contributed by atoms with Crippen LogP contribution in [0.4, 0.5) is 0 Å². The third kappa shape index (κ3) is 5.50. The number of carbonyl (C=O) groups is 1. The zero-order valence-corrected chi connectivity index (χ0v) is 16.2. The van der Waals surface area contributed by atoms with Crippen molar-refractivity contribution in [2.45, 2.75) is 32.3 Å². The number of ether oxygens (including phenoxy) is 1. The van der Waals surface area contributed by atoms with E-state index in [0.29, 0.717) is 0 Å². The lowest BCUT2D eigenvalue weighted by molar-refractivity contribution is -0.137. The van der Waals surface area contributed by atoms with Gasteiger partial charge in [-0.1, -0.05) is 48.0 Å².